The van der Waals surface area contributed by atoms with Gasteiger partial charge in [-0.15, -0.1) is 0 Å². The average molecular weight is 318 g/mol. The molecule has 120 valence electrons. The molecule has 0 heterocycles. The highest BCUT2D eigenvalue weighted by Gasteiger charge is 2.00. The van der Waals surface area contributed by atoms with Crippen molar-refractivity contribution in [2.24, 2.45) is 0 Å². The second-order valence-corrected chi connectivity index (χ2v) is 5.62. The van der Waals surface area contributed by atoms with Crippen LogP contribution in [-0.4, -0.2) is 10.2 Å². The zero-order valence-corrected chi connectivity index (χ0v) is 13.4. The highest BCUT2D eigenvalue weighted by molar-refractivity contribution is 5.85. The SMILES string of the molecule is C=c1ccc(O)c/c1=C/C=C(\C)Oc1ccc2cc(O)ccc2c1. The first-order chi connectivity index (χ1) is 11.5. The maximum Gasteiger partial charge on any atom is 0.127 e. The summed E-state index contributed by atoms with van der Waals surface area (Å²) in [7, 11) is 0. The topological polar surface area (TPSA) is 49.7 Å². The molecule has 0 fully saturated rings. The number of allylic oxidation sites excluding steroid dienone is 2. The molecule has 0 amide bonds. The van der Waals surface area contributed by atoms with Gasteiger partial charge in [-0.1, -0.05) is 30.9 Å². The molecule has 0 spiro atoms. The Kier molecular flexibility index (Phi) is 4.25. The van der Waals surface area contributed by atoms with Crippen molar-refractivity contribution in [3.05, 3.63) is 76.9 Å². The number of ether oxygens (including phenoxy) is 1. The summed E-state index contributed by atoms with van der Waals surface area (Å²) in [6, 6.07) is 16.0. The first kappa shape index (κ1) is 15.7. The molecule has 3 nitrogen and oxygen atoms in total. The van der Waals surface area contributed by atoms with E-state index >= 15 is 0 Å². The summed E-state index contributed by atoms with van der Waals surface area (Å²) in [5.41, 5.74) is 0. The highest BCUT2D eigenvalue weighted by atomic mass is 16.5. The van der Waals surface area contributed by atoms with Crippen LogP contribution in [-0.2, 0) is 0 Å². The maximum atomic E-state index is 9.54. The molecular formula is C21H18O3. The Balaban J connectivity index is 1.86. The van der Waals surface area contributed by atoms with Crippen LogP contribution in [0.3, 0.4) is 0 Å². The van der Waals surface area contributed by atoms with Crippen LogP contribution >= 0.6 is 0 Å². The maximum absolute atomic E-state index is 9.54. The summed E-state index contributed by atoms with van der Waals surface area (Å²) in [4.78, 5) is 0. The molecule has 0 aliphatic carbocycles. The fourth-order valence-electron chi connectivity index (χ4n) is 2.44. The third-order valence-corrected chi connectivity index (χ3v) is 3.70. The van der Waals surface area contributed by atoms with E-state index in [1.54, 1.807) is 30.3 Å². The van der Waals surface area contributed by atoms with Crippen LogP contribution in [0.1, 0.15) is 6.92 Å². The number of aromatic hydroxyl groups is 2. The monoisotopic (exact) mass is 318 g/mol. The van der Waals surface area contributed by atoms with E-state index in [9.17, 15) is 10.2 Å². The Labute approximate surface area is 140 Å². The average Bonchev–Trinajstić information content (AvgIpc) is 2.56. The van der Waals surface area contributed by atoms with Crippen LogP contribution in [0.25, 0.3) is 23.4 Å². The molecule has 3 aromatic rings. The highest BCUT2D eigenvalue weighted by Crippen LogP contribution is 2.25. The normalized spacial score (nSPS) is 12.5. The summed E-state index contributed by atoms with van der Waals surface area (Å²) < 4.78 is 5.83. The lowest BCUT2D eigenvalue weighted by molar-refractivity contribution is 0.429. The van der Waals surface area contributed by atoms with Gasteiger partial charge in [0.15, 0.2) is 0 Å². The molecular weight excluding hydrogens is 300 g/mol. The molecule has 0 aliphatic rings. The minimum Gasteiger partial charge on any atom is -0.508 e. The van der Waals surface area contributed by atoms with E-state index < -0.39 is 0 Å². The molecule has 3 rings (SSSR count). The first-order valence-electron chi connectivity index (χ1n) is 7.58. The van der Waals surface area contributed by atoms with Crippen LogP contribution < -0.4 is 15.2 Å². The molecule has 0 saturated carbocycles. The summed E-state index contributed by atoms with van der Waals surface area (Å²) >= 11 is 0. The Morgan fingerprint density at radius 3 is 2.42 bits per heavy atom. The smallest absolute Gasteiger partial charge is 0.127 e. The second-order valence-electron chi connectivity index (χ2n) is 5.62. The van der Waals surface area contributed by atoms with Gasteiger partial charge in [0.2, 0.25) is 0 Å². The van der Waals surface area contributed by atoms with Gasteiger partial charge < -0.3 is 14.9 Å². The van der Waals surface area contributed by atoms with E-state index in [-0.39, 0.29) is 11.5 Å². The number of benzene rings is 3. The van der Waals surface area contributed by atoms with E-state index in [4.69, 9.17) is 4.74 Å². The van der Waals surface area contributed by atoms with E-state index in [1.807, 2.05) is 43.3 Å². The van der Waals surface area contributed by atoms with Gasteiger partial charge in [0.25, 0.3) is 0 Å². The molecule has 0 aliphatic heterocycles. The van der Waals surface area contributed by atoms with Gasteiger partial charge in [-0.05, 0) is 70.6 Å². The third kappa shape index (κ3) is 3.58. The van der Waals surface area contributed by atoms with Crippen molar-refractivity contribution >= 4 is 23.4 Å². The number of phenolic OH excluding ortho intramolecular Hbond substituents is 2. The fourth-order valence-corrected chi connectivity index (χ4v) is 2.44. The van der Waals surface area contributed by atoms with Crippen molar-refractivity contribution in [2.75, 3.05) is 0 Å². The predicted molar refractivity (Wildman–Crippen MR) is 97.3 cm³/mol. The molecule has 0 radical (unpaired) electrons. The molecule has 0 aromatic heterocycles. The van der Waals surface area contributed by atoms with Crippen molar-refractivity contribution in [3.63, 3.8) is 0 Å². The molecule has 3 aromatic carbocycles. The summed E-state index contributed by atoms with van der Waals surface area (Å²) in [5, 5.41) is 22.7. The van der Waals surface area contributed by atoms with Gasteiger partial charge in [-0.3, -0.25) is 0 Å². The minimum absolute atomic E-state index is 0.207. The van der Waals surface area contributed by atoms with Gasteiger partial charge in [0.1, 0.15) is 23.0 Å². The van der Waals surface area contributed by atoms with Crippen molar-refractivity contribution in [1.82, 2.24) is 0 Å². The summed E-state index contributed by atoms with van der Waals surface area (Å²) in [6.45, 7) is 5.80. The van der Waals surface area contributed by atoms with Crippen LogP contribution in [0.2, 0.25) is 0 Å². The molecule has 24 heavy (non-hydrogen) atoms. The number of rotatable bonds is 3. The lowest BCUT2D eigenvalue weighted by Crippen LogP contribution is -2.21. The van der Waals surface area contributed by atoms with Crippen molar-refractivity contribution in [3.8, 4) is 17.2 Å². The lowest BCUT2D eigenvalue weighted by Gasteiger charge is -2.07. The van der Waals surface area contributed by atoms with Gasteiger partial charge in [-0.25, -0.2) is 0 Å². The molecule has 0 bridgehead atoms. The number of fused-ring (bicyclic) bond motifs is 1. The molecule has 0 saturated heterocycles. The third-order valence-electron chi connectivity index (χ3n) is 3.70. The number of phenols is 2. The largest absolute Gasteiger partial charge is 0.508 e. The van der Waals surface area contributed by atoms with Gasteiger partial charge in [0.05, 0.1) is 0 Å². The van der Waals surface area contributed by atoms with E-state index in [0.717, 1.165) is 32.7 Å². The van der Waals surface area contributed by atoms with Crippen LogP contribution in [0, 0.1) is 0 Å². The number of hydrogen-bond acceptors (Lipinski definition) is 3. The zero-order chi connectivity index (χ0) is 17.1. The van der Waals surface area contributed by atoms with Crippen LogP contribution in [0.15, 0.2) is 66.4 Å². The molecule has 2 N–H and O–H groups in total. The first-order valence-corrected chi connectivity index (χ1v) is 7.58. The Morgan fingerprint density at radius 2 is 1.58 bits per heavy atom. The molecule has 0 atom stereocenters. The van der Waals surface area contributed by atoms with Gasteiger partial charge >= 0.3 is 0 Å². The molecule has 3 heteroatoms. The molecule has 0 unspecified atom stereocenters. The second kappa shape index (κ2) is 6.50. The Bertz CT molecular complexity index is 1030. The van der Waals surface area contributed by atoms with E-state index in [1.165, 1.54) is 0 Å². The minimum atomic E-state index is 0.207. The fraction of sp³-hybridized carbons (Fsp3) is 0.0476. The Morgan fingerprint density at radius 1 is 0.917 bits per heavy atom. The van der Waals surface area contributed by atoms with Crippen molar-refractivity contribution < 1.29 is 14.9 Å². The standard InChI is InChI=1S/C21H18O3/c1-14-3-8-19(22)11-16(14)5-4-15(2)24-21-10-7-17-12-20(23)9-6-18(17)13-21/h3-13,22-23H,1H2,2H3/b15-4+,16-5-. The van der Waals surface area contributed by atoms with Crippen molar-refractivity contribution in [2.45, 2.75) is 6.92 Å². The predicted octanol–water partition coefficient (Wildman–Crippen LogP) is 3.42. The summed E-state index contributed by atoms with van der Waals surface area (Å²) in [6.07, 6.45) is 3.70. The quantitative estimate of drug-likeness (QED) is 0.728. The van der Waals surface area contributed by atoms with Crippen LogP contribution in [0.5, 0.6) is 17.2 Å². The van der Waals surface area contributed by atoms with E-state index in [0.29, 0.717) is 0 Å². The van der Waals surface area contributed by atoms with Gasteiger partial charge in [0, 0.05) is 0 Å². The van der Waals surface area contributed by atoms with Crippen molar-refractivity contribution in [1.29, 1.82) is 0 Å². The summed E-state index contributed by atoms with van der Waals surface area (Å²) in [5.74, 6) is 1.90. The lowest BCUT2D eigenvalue weighted by atomic mass is 10.1. The van der Waals surface area contributed by atoms with Gasteiger partial charge in [-0.2, -0.15) is 0 Å². The number of hydrogen-bond donors (Lipinski definition) is 2. The van der Waals surface area contributed by atoms with Crippen LogP contribution in [0.4, 0.5) is 0 Å². The van der Waals surface area contributed by atoms with E-state index in [2.05, 4.69) is 6.58 Å². The zero-order valence-electron chi connectivity index (χ0n) is 13.4. The Hall–Kier alpha value is -3.20.